The van der Waals surface area contributed by atoms with Gasteiger partial charge in [0.2, 0.25) is 5.91 Å². The fourth-order valence-corrected chi connectivity index (χ4v) is 5.39. The van der Waals surface area contributed by atoms with E-state index in [1.165, 1.54) is 7.11 Å². The third kappa shape index (κ3) is 2.56. The topological polar surface area (TPSA) is 84.7 Å². The van der Waals surface area contributed by atoms with Crippen LogP contribution in [0.4, 0.5) is 0 Å². The number of fused-ring (bicyclic) bond motifs is 1. The lowest BCUT2D eigenvalue weighted by atomic mass is 9.58. The highest BCUT2D eigenvalue weighted by Crippen LogP contribution is 2.53. The first kappa shape index (κ1) is 16.7. The Hall–Kier alpha value is -1.14. The zero-order chi connectivity index (χ0) is 16.8. The average molecular weight is 323 g/mol. The Bertz CT molecular complexity index is 495. The third-order valence-corrected chi connectivity index (χ3v) is 6.13. The molecule has 23 heavy (non-hydrogen) atoms. The Labute approximate surface area is 138 Å². The number of methoxy groups -OCH3 is 1. The molecule has 4 bridgehead atoms. The van der Waals surface area contributed by atoms with E-state index in [0.29, 0.717) is 30.1 Å². The van der Waals surface area contributed by atoms with Crippen LogP contribution in [0.2, 0.25) is 0 Å². The zero-order valence-corrected chi connectivity index (χ0v) is 14.4. The van der Waals surface area contributed by atoms with Gasteiger partial charge in [-0.3, -0.25) is 14.5 Å². The van der Waals surface area contributed by atoms with E-state index >= 15 is 0 Å². The van der Waals surface area contributed by atoms with Crippen molar-refractivity contribution in [3.05, 3.63) is 0 Å². The number of ether oxygens (including phenoxy) is 1. The molecule has 4 aliphatic rings. The van der Waals surface area contributed by atoms with Gasteiger partial charge in [0.25, 0.3) is 0 Å². The number of nitrogens with zero attached hydrogens (tertiary/aromatic N) is 1. The van der Waals surface area contributed by atoms with Gasteiger partial charge >= 0.3 is 5.97 Å². The number of hydrogen-bond donors (Lipinski definition) is 2. The van der Waals surface area contributed by atoms with Crippen molar-refractivity contribution < 1.29 is 14.3 Å². The average Bonchev–Trinajstić information content (AvgIpc) is 2.75. The SMILES string of the molecule is COC(=O)CCC1C2CNC3(C(N)=O)C(C2)CN(CC(C)C)C13. The minimum absolute atomic E-state index is 0.115. The standard InChI is InChI=1S/C17H29N3O3/c1-10(2)8-20-9-12-6-11-7-19-17(12,16(18)22)15(20)13(11)4-5-14(21)23-3/h10-13,15,19H,4-9H2,1-3H3,(H2,18,22). The van der Waals surface area contributed by atoms with Crippen LogP contribution >= 0.6 is 0 Å². The van der Waals surface area contributed by atoms with E-state index < -0.39 is 5.54 Å². The first-order valence-electron chi connectivity index (χ1n) is 8.76. The molecule has 1 saturated carbocycles. The molecule has 6 heteroatoms. The van der Waals surface area contributed by atoms with E-state index in [2.05, 4.69) is 24.1 Å². The van der Waals surface area contributed by atoms with Gasteiger partial charge in [-0.05, 0) is 37.1 Å². The maximum Gasteiger partial charge on any atom is 0.305 e. The predicted molar refractivity (Wildman–Crippen MR) is 86.5 cm³/mol. The maximum atomic E-state index is 12.4. The molecule has 0 aromatic heterocycles. The van der Waals surface area contributed by atoms with Gasteiger partial charge in [0.1, 0.15) is 5.54 Å². The number of likely N-dealkylation sites (tertiary alicyclic amines) is 1. The Morgan fingerprint density at radius 3 is 2.78 bits per heavy atom. The molecule has 0 spiro atoms. The van der Waals surface area contributed by atoms with Crippen LogP contribution in [-0.2, 0) is 14.3 Å². The van der Waals surface area contributed by atoms with Gasteiger partial charge in [-0.15, -0.1) is 0 Å². The second-order valence-electron chi connectivity index (χ2n) is 7.88. The molecule has 130 valence electrons. The molecular formula is C17H29N3O3. The highest BCUT2D eigenvalue weighted by atomic mass is 16.5. The maximum absolute atomic E-state index is 12.4. The highest BCUT2D eigenvalue weighted by Gasteiger charge is 2.67. The minimum atomic E-state index is -0.607. The van der Waals surface area contributed by atoms with Crippen LogP contribution in [0.25, 0.3) is 0 Å². The molecule has 4 fully saturated rings. The quantitative estimate of drug-likeness (QED) is 0.690. The van der Waals surface area contributed by atoms with Crippen molar-refractivity contribution in [2.24, 2.45) is 29.4 Å². The van der Waals surface area contributed by atoms with Gasteiger partial charge in [0.15, 0.2) is 0 Å². The van der Waals surface area contributed by atoms with Gasteiger partial charge in [-0.2, -0.15) is 0 Å². The van der Waals surface area contributed by atoms with Crippen LogP contribution in [0.5, 0.6) is 0 Å². The number of amides is 1. The third-order valence-electron chi connectivity index (χ3n) is 6.13. The van der Waals surface area contributed by atoms with Crippen molar-refractivity contribution in [1.82, 2.24) is 10.2 Å². The molecule has 3 aliphatic heterocycles. The van der Waals surface area contributed by atoms with Gasteiger partial charge in [-0.1, -0.05) is 13.8 Å². The van der Waals surface area contributed by atoms with E-state index in [9.17, 15) is 9.59 Å². The van der Waals surface area contributed by atoms with E-state index in [4.69, 9.17) is 10.5 Å². The number of piperidine rings is 2. The van der Waals surface area contributed by atoms with Gasteiger partial charge in [-0.25, -0.2) is 0 Å². The van der Waals surface area contributed by atoms with Crippen molar-refractivity contribution >= 4 is 11.9 Å². The molecule has 1 amide bonds. The molecule has 5 atom stereocenters. The normalized spacial score (nSPS) is 39.0. The Kier molecular flexibility index (Phi) is 4.40. The van der Waals surface area contributed by atoms with E-state index in [-0.39, 0.29) is 17.9 Å². The molecule has 0 aromatic carbocycles. The number of carbonyl (C=O) groups is 2. The minimum Gasteiger partial charge on any atom is -0.469 e. The fraction of sp³-hybridized carbons (Fsp3) is 0.882. The Balaban J connectivity index is 1.88. The number of esters is 1. The molecule has 0 aromatic rings. The summed E-state index contributed by atoms with van der Waals surface area (Å²) in [7, 11) is 1.43. The zero-order valence-electron chi connectivity index (χ0n) is 14.4. The molecule has 1 aliphatic carbocycles. The van der Waals surface area contributed by atoms with Crippen molar-refractivity contribution in [3.8, 4) is 0 Å². The molecule has 3 N–H and O–H groups in total. The largest absolute Gasteiger partial charge is 0.469 e. The lowest BCUT2D eigenvalue weighted by molar-refractivity contribution is -0.142. The number of carbonyl (C=O) groups excluding carboxylic acids is 2. The smallest absolute Gasteiger partial charge is 0.305 e. The second kappa shape index (κ2) is 6.06. The summed E-state index contributed by atoms with van der Waals surface area (Å²) in [6.07, 6.45) is 2.23. The Morgan fingerprint density at radius 2 is 2.17 bits per heavy atom. The van der Waals surface area contributed by atoms with Gasteiger partial charge in [0, 0.05) is 31.5 Å². The van der Waals surface area contributed by atoms with E-state index in [0.717, 1.165) is 32.5 Å². The summed E-state index contributed by atoms with van der Waals surface area (Å²) in [6.45, 7) is 7.14. The monoisotopic (exact) mass is 323 g/mol. The lowest BCUT2D eigenvalue weighted by Crippen LogP contribution is -2.75. The summed E-state index contributed by atoms with van der Waals surface area (Å²) in [5.74, 6) is 1.31. The molecule has 3 heterocycles. The molecule has 4 rings (SSSR count). The first-order chi connectivity index (χ1) is 10.9. The molecular weight excluding hydrogens is 294 g/mol. The molecule has 6 nitrogen and oxygen atoms in total. The van der Waals surface area contributed by atoms with Crippen LogP contribution < -0.4 is 11.1 Å². The van der Waals surface area contributed by atoms with E-state index in [1.54, 1.807) is 0 Å². The summed E-state index contributed by atoms with van der Waals surface area (Å²) >= 11 is 0. The first-order valence-corrected chi connectivity index (χ1v) is 8.76. The summed E-state index contributed by atoms with van der Waals surface area (Å²) < 4.78 is 4.80. The van der Waals surface area contributed by atoms with Gasteiger partial charge < -0.3 is 15.8 Å². The molecule has 0 radical (unpaired) electrons. The summed E-state index contributed by atoms with van der Waals surface area (Å²) in [5.41, 5.74) is 5.27. The van der Waals surface area contributed by atoms with E-state index in [1.807, 2.05) is 0 Å². The lowest BCUT2D eigenvalue weighted by Gasteiger charge is -2.55. The number of nitrogens with two attached hydrogens (primary N) is 1. The van der Waals surface area contributed by atoms with Gasteiger partial charge in [0.05, 0.1) is 7.11 Å². The fourth-order valence-electron chi connectivity index (χ4n) is 5.39. The van der Waals surface area contributed by atoms with Crippen LogP contribution in [0.3, 0.4) is 0 Å². The van der Waals surface area contributed by atoms with Crippen LogP contribution in [0.15, 0.2) is 0 Å². The number of nitrogens with one attached hydrogen (secondary N) is 1. The number of hydrogen-bond acceptors (Lipinski definition) is 5. The summed E-state index contributed by atoms with van der Waals surface area (Å²) in [6, 6.07) is 0.115. The molecule has 3 saturated heterocycles. The van der Waals surface area contributed by atoms with Crippen molar-refractivity contribution in [3.63, 3.8) is 0 Å². The van der Waals surface area contributed by atoms with Crippen LogP contribution in [0.1, 0.15) is 33.1 Å². The molecule has 5 unspecified atom stereocenters. The van der Waals surface area contributed by atoms with Crippen molar-refractivity contribution in [2.75, 3.05) is 26.7 Å². The van der Waals surface area contributed by atoms with Crippen molar-refractivity contribution in [2.45, 2.75) is 44.7 Å². The van der Waals surface area contributed by atoms with Crippen LogP contribution in [-0.4, -0.2) is 55.1 Å². The predicted octanol–water partition coefficient (Wildman–Crippen LogP) is 0.359. The summed E-state index contributed by atoms with van der Waals surface area (Å²) in [4.78, 5) is 26.5. The second-order valence-corrected chi connectivity index (χ2v) is 7.88. The highest BCUT2D eigenvalue weighted by molar-refractivity contribution is 5.87. The van der Waals surface area contributed by atoms with Crippen molar-refractivity contribution in [1.29, 1.82) is 0 Å². The Morgan fingerprint density at radius 1 is 1.43 bits per heavy atom. The summed E-state index contributed by atoms with van der Waals surface area (Å²) in [5, 5.41) is 3.50. The van der Waals surface area contributed by atoms with Crippen LogP contribution in [0, 0.1) is 23.7 Å². The number of rotatable bonds is 6. The number of primary amides is 1.